The molecule has 0 saturated heterocycles. The predicted octanol–water partition coefficient (Wildman–Crippen LogP) is 6.42. The first-order chi connectivity index (χ1) is 9.92. The van der Waals surface area contributed by atoms with Crippen molar-refractivity contribution in [3.63, 3.8) is 0 Å². The topological polar surface area (TPSA) is 0 Å². The molecule has 0 atom stereocenters. The van der Waals surface area contributed by atoms with Crippen molar-refractivity contribution >= 4 is 63.0 Å². The summed E-state index contributed by atoms with van der Waals surface area (Å²) >= 11 is 3.85. The summed E-state index contributed by atoms with van der Waals surface area (Å²) in [5, 5.41) is 5.52. The average molecular weight is 290 g/mol. The molecule has 2 heteroatoms. The lowest BCUT2D eigenvalue weighted by molar-refractivity contribution is 1.82. The van der Waals surface area contributed by atoms with Crippen molar-refractivity contribution < 1.29 is 0 Å². The van der Waals surface area contributed by atoms with Gasteiger partial charge in [-0.25, -0.2) is 0 Å². The zero-order valence-electron chi connectivity index (χ0n) is 10.6. The molecule has 0 aliphatic rings. The van der Waals surface area contributed by atoms with Crippen LogP contribution in [0.1, 0.15) is 0 Å². The summed E-state index contributed by atoms with van der Waals surface area (Å²) < 4.78 is 5.70. The Bertz CT molecular complexity index is 1090. The van der Waals surface area contributed by atoms with Gasteiger partial charge in [-0.2, -0.15) is 0 Å². The van der Waals surface area contributed by atoms with E-state index >= 15 is 0 Å². The molecule has 5 rings (SSSR count). The van der Waals surface area contributed by atoms with Gasteiger partial charge in [-0.1, -0.05) is 54.6 Å². The number of thiophene rings is 2. The number of fused-ring (bicyclic) bond motifs is 7. The summed E-state index contributed by atoms with van der Waals surface area (Å²) in [5.74, 6) is 0. The normalized spacial score (nSPS) is 12.0. The van der Waals surface area contributed by atoms with Crippen LogP contribution in [0.4, 0.5) is 0 Å². The lowest BCUT2D eigenvalue weighted by atomic mass is 10.1. The maximum atomic E-state index is 2.28. The SMILES string of the molecule is c1ccc2c(c1)ccc1c2sc2c3ccccc3sc12. The average Bonchev–Trinajstić information content (AvgIpc) is 3.03. The highest BCUT2D eigenvalue weighted by atomic mass is 32.1. The molecule has 0 N–H and O–H groups in total. The summed E-state index contributed by atoms with van der Waals surface area (Å²) in [5.41, 5.74) is 0. The van der Waals surface area contributed by atoms with Crippen LogP contribution in [0.25, 0.3) is 40.3 Å². The Morgan fingerprint density at radius 3 is 2.20 bits per heavy atom. The van der Waals surface area contributed by atoms with Crippen LogP contribution >= 0.6 is 22.7 Å². The van der Waals surface area contributed by atoms with Crippen molar-refractivity contribution in [2.45, 2.75) is 0 Å². The zero-order chi connectivity index (χ0) is 13.1. The van der Waals surface area contributed by atoms with Crippen LogP contribution < -0.4 is 0 Å². The molecule has 3 aromatic carbocycles. The van der Waals surface area contributed by atoms with Gasteiger partial charge in [0.15, 0.2) is 0 Å². The first-order valence-corrected chi connectivity index (χ1v) is 8.26. The summed E-state index contributed by atoms with van der Waals surface area (Å²) in [6.45, 7) is 0. The molecule has 0 radical (unpaired) electrons. The minimum absolute atomic E-state index is 1.33. The number of hydrogen-bond donors (Lipinski definition) is 0. The van der Waals surface area contributed by atoms with Crippen LogP contribution in [0.2, 0.25) is 0 Å². The van der Waals surface area contributed by atoms with Crippen LogP contribution in [-0.2, 0) is 0 Å². The van der Waals surface area contributed by atoms with Gasteiger partial charge in [0, 0.05) is 20.2 Å². The van der Waals surface area contributed by atoms with Gasteiger partial charge >= 0.3 is 0 Å². The molecule has 0 unspecified atom stereocenters. The summed E-state index contributed by atoms with van der Waals surface area (Å²) in [7, 11) is 0. The Morgan fingerprint density at radius 1 is 0.500 bits per heavy atom. The fraction of sp³-hybridized carbons (Fsp3) is 0. The number of rotatable bonds is 0. The third-order valence-electron chi connectivity index (χ3n) is 3.88. The molecular formula is C18H10S2. The molecule has 94 valence electrons. The van der Waals surface area contributed by atoms with Gasteiger partial charge in [-0.3, -0.25) is 0 Å². The lowest BCUT2D eigenvalue weighted by Crippen LogP contribution is -1.70. The predicted molar refractivity (Wildman–Crippen MR) is 92.2 cm³/mol. The molecule has 0 aliphatic carbocycles. The fourth-order valence-corrected chi connectivity index (χ4v) is 5.71. The van der Waals surface area contributed by atoms with Crippen LogP contribution in [0.15, 0.2) is 60.7 Å². The summed E-state index contributed by atoms with van der Waals surface area (Å²) in [6.07, 6.45) is 0. The van der Waals surface area contributed by atoms with Gasteiger partial charge in [-0.15, -0.1) is 22.7 Å². The van der Waals surface area contributed by atoms with Gasteiger partial charge in [-0.05, 0) is 16.8 Å². The fourth-order valence-electron chi connectivity index (χ4n) is 2.93. The highest BCUT2D eigenvalue weighted by molar-refractivity contribution is 7.37. The van der Waals surface area contributed by atoms with Crippen molar-refractivity contribution in [1.29, 1.82) is 0 Å². The molecule has 0 fully saturated rings. The molecule has 0 saturated carbocycles. The molecule has 20 heavy (non-hydrogen) atoms. The van der Waals surface area contributed by atoms with E-state index in [-0.39, 0.29) is 0 Å². The van der Waals surface area contributed by atoms with Crippen molar-refractivity contribution in [3.05, 3.63) is 60.7 Å². The van der Waals surface area contributed by atoms with Gasteiger partial charge in [0.05, 0.1) is 9.40 Å². The van der Waals surface area contributed by atoms with E-state index in [9.17, 15) is 0 Å². The van der Waals surface area contributed by atoms with Crippen LogP contribution in [-0.4, -0.2) is 0 Å². The van der Waals surface area contributed by atoms with Gasteiger partial charge in [0.1, 0.15) is 0 Å². The molecule has 0 aliphatic heterocycles. The van der Waals surface area contributed by atoms with E-state index in [0.717, 1.165) is 0 Å². The van der Waals surface area contributed by atoms with E-state index in [2.05, 4.69) is 60.7 Å². The third-order valence-corrected chi connectivity index (χ3v) is 6.48. The monoisotopic (exact) mass is 290 g/mol. The Balaban J connectivity index is 2.08. The van der Waals surface area contributed by atoms with E-state index in [0.29, 0.717) is 0 Å². The Morgan fingerprint density at radius 2 is 1.25 bits per heavy atom. The molecule has 0 bridgehead atoms. The smallest absolute Gasteiger partial charge is 0.0542 e. The van der Waals surface area contributed by atoms with Crippen molar-refractivity contribution in [2.24, 2.45) is 0 Å². The zero-order valence-corrected chi connectivity index (χ0v) is 12.2. The lowest BCUT2D eigenvalue weighted by Gasteiger charge is -1.98. The molecular weight excluding hydrogens is 280 g/mol. The Hall–Kier alpha value is -1.90. The molecule has 5 aromatic rings. The maximum absolute atomic E-state index is 2.28. The van der Waals surface area contributed by atoms with Gasteiger partial charge in [0.25, 0.3) is 0 Å². The second-order valence-corrected chi connectivity index (χ2v) is 7.09. The standard InChI is InChI=1S/C18H10S2/c1-2-6-12-11(5-1)9-10-14-16(12)20-17-13-7-3-4-8-15(13)19-18(14)17/h1-10H. The van der Waals surface area contributed by atoms with Gasteiger partial charge < -0.3 is 0 Å². The first-order valence-electron chi connectivity index (χ1n) is 6.63. The second-order valence-electron chi connectivity index (χ2n) is 5.02. The highest BCUT2D eigenvalue weighted by Crippen LogP contribution is 2.45. The van der Waals surface area contributed by atoms with E-state index in [4.69, 9.17) is 0 Å². The largest absolute Gasteiger partial charge is 0.134 e. The van der Waals surface area contributed by atoms with Gasteiger partial charge in [0.2, 0.25) is 0 Å². The summed E-state index contributed by atoms with van der Waals surface area (Å²) in [4.78, 5) is 0. The van der Waals surface area contributed by atoms with Crippen LogP contribution in [0.3, 0.4) is 0 Å². The molecule has 2 aromatic heterocycles. The maximum Gasteiger partial charge on any atom is 0.0542 e. The quantitative estimate of drug-likeness (QED) is 0.308. The third kappa shape index (κ3) is 1.30. The molecule has 0 spiro atoms. The summed E-state index contributed by atoms with van der Waals surface area (Å²) in [6, 6.07) is 21.9. The Kier molecular flexibility index (Phi) is 2.07. The van der Waals surface area contributed by atoms with Crippen molar-refractivity contribution in [3.8, 4) is 0 Å². The Labute approximate surface area is 123 Å². The highest BCUT2D eigenvalue weighted by Gasteiger charge is 2.13. The molecule has 0 amide bonds. The number of benzene rings is 3. The van der Waals surface area contributed by atoms with Crippen LogP contribution in [0, 0.1) is 0 Å². The molecule has 2 heterocycles. The van der Waals surface area contributed by atoms with Crippen molar-refractivity contribution in [2.75, 3.05) is 0 Å². The second kappa shape index (κ2) is 3.81. The minimum atomic E-state index is 1.33. The first kappa shape index (κ1) is 10.8. The number of hydrogen-bond acceptors (Lipinski definition) is 2. The molecule has 0 nitrogen and oxygen atoms in total. The minimum Gasteiger partial charge on any atom is -0.134 e. The van der Waals surface area contributed by atoms with E-state index in [1.54, 1.807) is 0 Å². The van der Waals surface area contributed by atoms with E-state index in [1.165, 1.54) is 40.3 Å². The van der Waals surface area contributed by atoms with E-state index in [1.807, 2.05) is 22.7 Å². The van der Waals surface area contributed by atoms with E-state index < -0.39 is 0 Å². The van der Waals surface area contributed by atoms with Crippen molar-refractivity contribution in [1.82, 2.24) is 0 Å². The van der Waals surface area contributed by atoms with Crippen LogP contribution in [0.5, 0.6) is 0 Å².